The summed E-state index contributed by atoms with van der Waals surface area (Å²) in [6.45, 7) is 4.95. The number of amides is 1. The average molecular weight is 440 g/mol. The van der Waals surface area contributed by atoms with Gasteiger partial charge in [0.05, 0.1) is 13.2 Å². The Kier molecular flexibility index (Phi) is 13.0. The maximum Gasteiger partial charge on any atom is 0.443 e. The van der Waals surface area contributed by atoms with Crippen molar-refractivity contribution in [2.45, 2.75) is 84.5 Å². The van der Waals surface area contributed by atoms with Gasteiger partial charge in [-0.25, -0.2) is 4.79 Å². The van der Waals surface area contributed by atoms with E-state index in [-0.39, 0.29) is 0 Å². The SMILES string of the molecule is CCCCCCCCCCCCN(Oc1ccc(Cc2ccccc2)cc1)C(=O)OCC. The van der Waals surface area contributed by atoms with Gasteiger partial charge in [0.25, 0.3) is 0 Å². The molecule has 176 valence electrons. The highest BCUT2D eigenvalue weighted by atomic mass is 16.7. The van der Waals surface area contributed by atoms with E-state index < -0.39 is 6.09 Å². The van der Waals surface area contributed by atoms with E-state index >= 15 is 0 Å². The average Bonchev–Trinajstić information content (AvgIpc) is 2.81. The van der Waals surface area contributed by atoms with Gasteiger partial charge >= 0.3 is 6.09 Å². The number of nitrogens with zero attached hydrogens (tertiary/aromatic N) is 1. The van der Waals surface area contributed by atoms with Crippen LogP contribution in [0.4, 0.5) is 4.79 Å². The van der Waals surface area contributed by atoms with Crippen LogP contribution in [0.1, 0.15) is 89.2 Å². The Morgan fingerprint density at radius 1 is 0.719 bits per heavy atom. The first-order valence-corrected chi connectivity index (χ1v) is 12.5. The summed E-state index contributed by atoms with van der Waals surface area (Å²) in [5, 5.41) is 1.36. The van der Waals surface area contributed by atoms with Gasteiger partial charge in [-0.3, -0.25) is 0 Å². The Bertz CT molecular complexity index is 730. The van der Waals surface area contributed by atoms with E-state index in [1.807, 2.05) is 37.3 Å². The smallest absolute Gasteiger partial charge is 0.443 e. The highest BCUT2D eigenvalue weighted by Crippen LogP contribution is 2.18. The van der Waals surface area contributed by atoms with Gasteiger partial charge < -0.3 is 9.57 Å². The maximum atomic E-state index is 12.3. The van der Waals surface area contributed by atoms with Gasteiger partial charge in [-0.1, -0.05) is 107 Å². The zero-order valence-corrected chi connectivity index (χ0v) is 20.1. The molecule has 4 nitrogen and oxygen atoms in total. The van der Waals surface area contributed by atoms with Crippen LogP contribution in [-0.4, -0.2) is 24.3 Å². The molecular formula is C28H41NO3. The Labute approximate surface area is 194 Å². The van der Waals surface area contributed by atoms with Crippen molar-refractivity contribution in [2.75, 3.05) is 13.2 Å². The summed E-state index contributed by atoms with van der Waals surface area (Å²) in [5.74, 6) is 0.655. The lowest BCUT2D eigenvalue weighted by Crippen LogP contribution is -2.35. The third kappa shape index (κ3) is 10.7. The minimum Gasteiger partial charge on any atom is -0.448 e. The minimum atomic E-state index is -0.420. The molecule has 0 unspecified atom stereocenters. The van der Waals surface area contributed by atoms with E-state index in [4.69, 9.17) is 9.57 Å². The first-order valence-electron chi connectivity index (χ1n) is 12.5. The number of hydrogen-bond acceptors (Lipinski definition) is 3. The van der Waals surface area contributed by atoms with E-state index in [9.17, 15) is 4.79 Å². The van der Waals surface area contributed by atoms with Crippen LogP contribution in [0.5, 0.6) is 5.75 Å². The predicted octanol–water partition coefficient (Wildman–Crippen LogP) is 7.95. The van der Waals surface area contributed by atoms with Crippen LogP contribution in [0.3, 0.4) is 0 Å². The van der Waals surface area contributed by atoms with Gasteiger partial charge in [0, 0.05) is 0 Å². The highest BCUT2D eigenvalue weighted by molar-refractivity contribution is 5.66. The molecule has 2 aromatic rings. The summed E-state index contributed by atoms with van der Waals surface area (Å²) in [6.07, 6.45) is 13.0. The van der Waals surface area contributed by atoms with E-state index in [1.165, 1.54) is 67.6 Å². The molecule has 0 saturated carbocycles. The molecule has 0 aromatic heterocycles. The predicted molar refractivity (Wildman–Crippen MR) is 132 cm³/mol. The molecule has 0 aliphatic heterocycles. The Morgan fingerprint density at radius 3 is 1.88 bits per heavy atom. The van der Waals surface area contributed by atoms with Gasteiger partial charge in [-0.15, -0.1) is 5.06 Å². The molecule has 2 aromatic carbocycles. The van der Waals surface area contributed by atoms with Crippen molar-refractivity contribution in [3.05, 3.63) is 65.7 Å². The van der Waals surface area contributed by atoms with Crippen molar-refractivity contribution in [3.63, 3.8) is 0 Å². The number of benzene rings is 2. The van der Waals surface area contributed by atoms with Gasteiger partial charge in [0.15, 0.2) is 5.75 Å². The van der Waals surface area contributed by atoms with Crippen LogP contribution < -0.4 is 4.84 Å². The van der Waals surface area contributed by atoms with Crippen LogP contribution in [-0.2, 0) is 11.2 Å². The lowest BCUT2D eigenvalue weighted by molar-refractivity contribution is -0.0479. The quantitative estimate of drug-likeness (QED) is 0.197. The molecule has 0 N–H and O–H groups in total. The molecule has 0 saturated heterocycles. The molecule has 1 amide bonds. The first-order chi connectivity index (χ1) is 15.7. The molecule has 0 aliphatic carbocycles. The van der Waals surface area contributed by atoms with Gasteiger partial charge in [-0.05, 0) is 43.0 Å². The van der Waals surface area contributed by atoms with Crippen molar-refractivity contribution in [1.82, 2.24) is 5.06 Å². The Hall–Kier alpha value is -2.49. The normalized spacial score (nSPS) is 10.7. The number of rotatable bonds is 16. The molecule has 0 bridgehead atoms. The maximum absolute atomic E-state index is 12.3. The van der Waals surface area contributed by atoms with E-state index in [0.717, 1.165) is 19.3 Å². The zero-order valence-electron chi connectivity index (χ0n) is 20.1. The summed E-state index contributed by atoms with van der Waals surface area (Å²) in [5.41, 5.74) is 2.48. The number of hydrogen-bond donors (Lipinski definition) is 0. The van der Waals surface area contributed by atoms with Crippen LogP contribution in [0.2, 0.25) is 0 Å². The fourth-order valence-electron chi connectivity index (χ4n) is 3.74. The summed E-state index contributed by atoms with van der Waals surface area (Å²) < 4.78 is 5.18. The van der Waals surface area contributed by atoms with E-state index in [2.05, 4.69) is 31.2 Å². The molecule has 0 aliphatic rings. The summed E-state index contributed by atoms with van der Waals surface area (Å²) in [4.78, 5) is 18.2. The third-order valence-corrected chi connectivity index (χ3v) is 5.58. The monoisotopic (exact) mass is 439 g/mol. The number of unbranched alkanes of at least 4 members (excludes halogenated alkanes) is 9. The molecule has 0 heterocycles. The van der Waals surface area contributed by atoms with Crippen LogP contribution in [0, 0.1) is 0 Å². The van der Waals surface area contributed by atoms with Crippen molar-refractivity contribution in [2.24, 2.45) is 0 Å². The van der Waals surface area contributed by atoms with Gasteiger partial charge in [0.1, 0.15) is 0 Å². The molecular weight excluding hydrogens is 398 g/mol. The highest BCUT2D eigenvalue weighted by Gasteiger charge is 2.16. The van der Waals surface area contributed by atoms with Gasteiger partial charge in [-0.2, -0.15) is 0 Å². The number of carbonyl (C=O) groups is 1. The second kappa shape index (κ2) is 16.2. The first kappa shape index (κ1) is 25.8. The lowest BCUT2D eigenvalue weighted by Gasteiger charge is -2.21. The van der Waals surface area contributed by atoms with Gasteiger partial charge in [0.2, 0.25) is 0 Å². The number of ether oxygens (including phenoxy) is 1. The molecule has 0 radical (unpaired) electrons. The van der Waals surface area contributed by atoms with E-state index in [1.54, 1.807) is 0 Å². The Morgan fingerprint density at radius 2 is 1.28 bits per heavy atom. The summed E-state index contributed by atoms with van der Waals surface area (Å²) in [6, 6.07) is 18.3. The van der Waals surface area contributed by atoms with Crippen molar-refractivity contribution < 1.29 is 14.4 Å². The molecule has 4 heteroatoms. The Balaban J connectivity index is 1.73. The van der Waals surface area contributed by atoms with Crippen LogP contribution >= 0.6 is 0 Å². The minimum absolute atomic E-state index is 0.340. The van der Waals surface area contributed by atoms with Crippen LogP contribution in [0.15, 0.2) is 54.6 Å². The fourth-order valence-corrected chi connectivity index (χ4v) is 3.74. The van der Waals surface area contributed by atoms with Crippen molar-refractivity contribution >= 4 is 6.09 Å². The second-order valence-corrected chi connectivity index (χ2v) is 8.38. The largest absolute Gasteiger partial charge is 0.448 e. The number of hydroxylamine groups is 2. The topological polar surface area (TPSA) is 38.8 Å². The zero-order chi connectivity index (χ0) is 22.9. The van der Waals surface area contributed by atoms with Crippen LogP contribution in [0.25, 0.3) is 0 Å². The molecule has 32 heavy (non-hydrogen) atoms. The molecule has 0 fully saturated rings. The fraction of sp³-hybridized carbons (Fsp3) is 0.536. The molecule has 2 rings (SSSR count). The third-order valence-electron chi connectivity index (χ3n) is 5.58. The summed E-state index contributed by atoms with van der Waals surface area (Å²) in [7, 11) is 0. The standard InChI is InChI=1S/C28H41NO3/c1-3-5-6-7-8-9-10-11-12-16-23-29(28(30)31-4-2)32-27-21-19-26(20-22-27)24-25-17-14-13-15-18-25/h13-15,17-22H,3-12,16,23-24H2,1-2H3. The molecule has 0 atom stereocenters. The van der Waals surface area contributed by atoms with Crippen molar-refractivity contribution in [3.8, 4) is 5.75 Å². The second-order valence-electron chi connectivity index (χ2n) is 8.38. The lowest BCUT2D eigenvalue weighted by atomic mass is 10.1. The summed E-state index contributed by atoms with van der Waals surface area (Å²) >= 11 is 0. The van der Waals surface area contributed by atoms with Crippen molar-refractivity contribution in [1.29, 1.82) is 0 Å². The van der Waals surface area contributed by atoms with E-state index in [0.29, 0.717) is 18.9 Å². The molecule has 0 spiro atoms. The number of carbonyl (C=O) groups excluding carboxylic acids is 1.